The van der Waals surface area contributed by atoms with Crippen LogP contribution in [0.15, 0.2) is 35.4 Å². The zero-order valence-electron chi connectivity index (χ0n) is 9.13. The minimum Gasteiger partial charge on any atom is -0.396 e. The molecule has 4 nitrogen and oxygen atoms in total. The van der Waals surface area contributed by atoms with E-state index in [4.69, 9.17) is 5.11 Å². The monoisotopic (exact) mass is 218 g/mol. The number of hydrogen-bond acceptors (Lipinski definition) is 3. The van der Waals surface area contributed by atoms with Crippen LogP contribution < -0.4 is 5.01 Å². The van der Waals surface area contributed by atoms with Crippen molar-refractivity contribution < 1.29 is 9.90 Å². The Balaban J connectivity index is 2.24. The molecule has 4 heteroatoms. The third-order valence-electron chi connectivity index (χ3n) is 2.69. The van der Waals surface area contributed by atoms with Gasteiger partial charge in [-0.15, -0.1) is 0 Å². The van der Waals surface area contributed by atoms with E-state index < -0.39 is 0 Å². The summed E-state index contributed by atoms with van der Waals surface area (Å²) in [7, 11) is 0. The van der Waals surface area contributed by atoms with E-state index in [1.54, 1.807) is 0 Å². The van der Waals surface area contributed by atoms with Crippen molar-refractivity contribution in [2.24, 2.45) is 11.0 Å². The number of carbonyl (C=O) groups excluding carboxylic acids is 1. The molecular weight excluding hydrogens is 204 g/mol. The first kappa shape index (κ1) is 10.8. The number of para-hydroxylation sites is 1. The second-order valence-electron chi connectivity index (χ2n) is 3.79. The van der Waals surface area contributed by atoms with Gasteiger partial charge in [0.25, 0.3) is 5.91 Å². The van der Waals surface area contributed by atoms with E-state index in [2.05, 4.69) is 5.10 Å². The number of rotatable bonds is 3. The summed E-state index contributed by atoms with van der Waals surface area (Å²) in [5.74, 6) is -0.331. The number of benzene rings is 1. The van der Waals surface area contributed by atoms with Gasteiger partial charge in [0.15, 0.2) is 0 Å². The van der Waals surface area contributed by atoms with E-state index in [0.29, 0.717) is 6.42 Å². The predicted molar refractivity (Wildman–Crippen MR) is 62.2 cm³/mol. The summed E-state index contributed by atoms with van der Waals surface area (Å²) in [4.78, 5) is 12.0. The van der Waals surface area contributed by atoms with Gasteiger partial charge in [0.2, 0.25) is 0 Å². The van der Waals surface area contributed by atoms with E-state index in [1.807, 2.05) is 37.3 Å². The first-order chi connectivity index (χ1) is 7.74. The maximum atomic E-state index is 12.0. The van der Waals surface area contributed by atoms with Crippen molar-refractivity contribution in [2.75, 3.05) is 11.6 Å². The highest BCUT2D eigenvalue weighted by Crippen LogP contribution is 2.24. The number of nitrogens with zero attached hydrogens (tertiary/aromatic N) is 2. The molecule has 0 bridgehead atoms. The van der Waals surface area contributed by atoms with Crippen LogP contribution in [0.25, 0.3) is 0 Å². The molecule has 0 aromatic heterocycles. The first-order valence-corrected chi connectivity index (χ1v) is 5.29. The summed E-state index contributed by atoms with van der Waals surface area (Å²) in [6, 6.07) is 9.32. The van der Waals surface area contributed by atoms with Crippen LogP contribution in [0.3, 0.4) is 0 Å². The standard InChI is InChI=1S/C12H14N2O2/c1-9-11(7-8-15)12(16)14(13-9)10-5-3-2-4-6-10/h2-6,11,15H,7-8H2,1H3. The molecule has 1 aliphatic heterocycles. The third kappa shape index (κ3) is 1.84. The molecule has 0 saturated heterocycles. The van der Waals surface area contributed by atoms with Crippen molar-refractivity contribution >= 4 is 17.3 Å². The molecule has 0 spiro atoms. The molecule has 16 heavy (non-hydrogen) atoms. The van der Waals surface area contributed by atoms with Crippen LogP contribution in [0.1, 0.15) is 13.3 Å². The number of anilines is 1. The average molecular weight is 218 g/mol. The molecule has 0 fully saturated rings. The molecule has 1 heterocycles. The lowest BCUT2D eigenvalue weighted by atomic mass is 10.0. The quantitative estimate of drug-likeness (QED) is 0.833. The maximum absolute atomic E-state index is 12.0. The summed E-state index contributed by atoms with van der Waals surface area (Å²) >= 11 is 0. The van der Waals surface area contributed by atoms with E-state index in [1.165, 1.54) is 5.01 Å². The molecule has 1 N–H and O–H groups in total. The minimum atomic E-state index is -0.273. The fourth-order valence-electron chi connectivity index (χ4n) is 1.82. The predicted octanol–water partition coefficient (Wildman–Crippen LogP) is 1.41. The van der Waals surface area contributed by atoms with Gasteiger partial charge in [-0.2, -0.15) is 5.10 Å². The molecule has 1 aromatic rings. The normalized spacial score (nSPS) is 20.1. The second kappa shape index (κ2) is 4.45. The van der Waals surface area contributed by atoms with Crippen LogP contribution in [0.2, 0.25) is 0 Å². The van der Waals surface area contributed by atoms with Crippen LogP contribution >= 0.6 is 0 Å². The third-order valence-corrected chi connectivity index (χ3v) is 2.69. The largest absolute Gasteiger partial charge is 0.396 e. The molecular formula is C12H14N2O2. The molecule has 0 radical (unpaired) electrons. The Morgan fingerprint density at radius 1 is 1.38 bits per heavy atom. The Kier molecular flexibility index (Phi) is 3.01. The van der Waals surface area contributed by atoms with Gasteiger partial charge in [0, 0.05) is 12.3 Å². The first-order valence-electron chi connectivity index (χ1n) is 5.29. The number of aliphatic hydroxyl groups is 1. The van der Waals surface area contributed by atoms with Crippen LogP contribution in [-0.4, -0.2) is 23.3 Å². The molecule has 1 aliphatic rings. The summed E-state index contributed by atoms with van der Waals surface area (Å²) in [5, 5.41) is 14.5. The van der Waals surface area contributed by atoms with Gasteiger partial charge in [-0.25, -0.2) is 5.01 Å². The number of amides is 1. The molecule has 1 unspecified atom stereocenters. The van der Waals surface area contributed by atoms with Gasteiger partial charge in [-0.3, -0.25) is 4.79 Å². The molecule has 1 aromatic carbocycles. The topological polar surface area (TPSA) is 52.9 Å². The lowest BCUT2D eigenvalue weighted by Crippen LogP contribution is -2.27. The van der Waals surface area contributed by atoms with Gasteiger partial charge in [-0.1, -0.05) is 18.2 Å². The highest BCUT2D eigenvalue weighted by molar-refractivity contribution is 6.14. The Morgan fingerprint density at radius 3 is 2.69 bits per heavy atom. The fraction of sp³-hybridized carbons (Fsp3) is 0.333. The van der Waals surface area contributed by atoms with E-state index >= 15 is 0 Å². The molecule has 0 saturated carbocycles. The van der Waals surface area contributed by atoms with Crippen molar-refractivity contribution in [3.63, 3.8) is 0 Å². The molecule has 1 atom stereocenters. The molecule has 0 aliphatic carbocycles. The zero-order chi connectivity index (χ0) is 11.5. The van der Waals surface area contributed by atoms with Gasteiger partial charge < -0.3 is 5.11 Å². The Labute approximate surface area is 94.2 Å². The highest BCUT2D eigenvalue weighted by atomic mass is 16.3. The fourth-order valence-corrected chi connectivity index (χ4v) is 1.82. The van der Waals surface area contributed by atoms with Gasteiger partial charge in [-0.05, 0) is 25.5 Å². The van der Waals surface area contributed by atoms with Crippen molar-refractivity contribution in [1.82, 2.24) is 0 Å². The van der Waals surface area contributed by atoms with Crippen LogP contribution in [0, 0.1) is 5.92 Å². The lowest BCUT2D eigenvalue weighted by molar-refractivity contribution is -0.120. The van der Waals surface area contributed by atoms with Crippen molar-refractivity contribution in [2.45, 2.75) is 13.3 Å². The number of hydrazone groups is 1. The summed E-state index contributed by atoms with van der Waals surface area (Å²) in [6.45, 7) is 1.83. The van der Waals surface area contributed by atoms with Crippen molar-refractivity contribution in [1.29, 1.82) is 0 Å². The van der Waals surface area contributed by atoms with Crippen molar-refractivity contribution in [3.05, 3.63) is 30.3 Å². The highest BCUT2D eigenvalue weighted by Gasteiger charge is 2.33. The Hall–Kier alpha value is -1.68. The van der Waals surface area contributed by atoms with E-state index in [0.717, 1.165) is 11.4 Å². The SMILES string of the molecule is CC1=NN(c2ccccc2)C(=O)C1CCO. The summed E-state index contributed by atoms with van der Waals surface area (Å²) in [5.41, 5.74) is 1.54. The van der Waals surface area contributed by atoms with E-state index in [9.17, 15) is 4.79 Å². The van der Waals surface area contributed by atoms with Crippen LogP contribution in [0.5, 0.6) is 0 Å². The Bertz CT molecular complexity index is 414. The minimum absolute atomic E-state index is 0.00585. The molecule has 1 amide bonds. The second-order valence-corrected chi connectivity index (χ2v) is 3.79. The Morgan fingerprint density at radius 2 is 2.06 bits per heavy atom. The number of carbonyl (C=O) groups is 1. The van der Waals surface area contributed by atoms with Crippen LogP contribution in [-0.2, 0) is 4.79 Å². The average Bonchev–Trinajstić information content (AvgIpc) is 2.59. The zero-order valence-corrected chi connectivity index (χ0v) is 9.13. The molecule has 2 rings (SSSR count). The lowest BCUT2D eigenvalue weighted by Gasteiger charge is -2.13. The van der Waals surface area contributed by atoms with E-state index in [-0.39, 0.29) is 18.4 Å². The molecule has 84 valence electrons. The van der Waals surface area contributed by atoms with Crippen molar-refractivity contribution in [3.8, 4) is 0 Å². The number of hydrogen-bond donors (Lipinski definition) is 1. The smallest absolute Gasteiger partial charge is 0.256 e. The maximum Gasteiger partial charge on any atom is 0.256 e. The van der Waals surface area contributed by atoms with Crippen LogP contribution in [0.4, 0.5) is 5.69 Å². The van der Waals surface area contributed by atoms with Gasteiger partial charge >= 0.3 is 0 Å². The van der Waals surface area contributed by atoms with Gasteiger partial charge in [0.1, 0.15) is 0 Å². The number of aliphatic hydroxyl groups excluding tert-OH is 1. The summed E-state index contributed by atoms with van der Waals surface area (Å²) in [6.07, 6.45) is 0.442. The van der Waals surface area contributed by atoms with Gasteiger partial charge in [0.05, 0.1) is 11.6 Å². The summed E-state index contributed by atoms with van der Waals surface area (Å²) < 4.78 is 0.